The van der Waals surface area contributed by atoms with E-state index in [1.54, 1.807) is 4.68 Å². The SMILES string of the molecule is CCCc1c(C(=O)Nc2ccc(C)c(C)c2)nnn1-c1ccccc1. The van der Waals surface area contributed by atoms with Crippen molar-refractivity contribution in [2.24, 2.45) is 0 Å². The number of aryl methyl sites for hydroxylation is 2. The van der Waals surface area contributed by atoms with Gasteiger partial charge in [0.05, 0.1) is 11.4 Å². The van der Waals surface area contributed by atoms with E-state index in [9.17, 15) is 4.79 Å². The zero-order chi connectivity index (χ0) is 17.8. The molecule has 25 heavy (non-hydrogen) atoms. The molecule has 1 aromatic heterocycles. The molecule has 0 aliphatic carbocycles. The lowest BCUT2D eigenvalue weighted by Crippen LogP contribution is -2.15. The number of rotatable bonds is 5. The van der Waals surface area contributed by atoms with E-state index in [-0.39, 0.29) is 5.91 Å². The highest BCUT2D eigenvalue weighted by molar-refractivity contribution is 6.03. The quantitative estimate of drug-likeness (QED) is 0.764. The number of benzene rings is 2. The molecule has 0 unspecified atom stereocenters. The molecule has 0 fully saturated rings. The first-order chi connectivity index (χ1) is 12.1. The Kier molecular flexibility index (Phi) is 4.93. The number of aromatic nitrogens is 3. The van der Waals surface area contributed by atoms with E-state index in [1.165, 1.54) is 5.56 Å². The molecule has 0 saturated carbocycles. The summed E-state index contributed by atoms with van der Waals surface area (Å²) in [5.74, 6) is -0.228. The van der Waals surface area contributed by atoms with E-state index in [2.05, 4.69) is 22.6 Å². The molecule has 0 aliphatic heterocycles. The Morgan fingerprint density at radius 3 is 2.52 bits per heavy atom. The van der Waals surface area contributed by atoms with Crippen molar-refractivity contribution >= 4 is 11.6 Å². The van der Waals surface area contributed by atoms with E-state index in [1.807, 2.05) is 62.4 Å². The zero-order valence-electron chi connectivity index (χ0n) is 14.8. The summed E-state index contributed by atoms with van der Waals surface area (Å²) < 4.78 is 1.75. The van der Waals surface area contributed by atoms with Crippen LogP contribution in [-0.4, -0.2) is 20.9 Å². The Morgan fingerprint density at radius 2 is 1.84 bits per heavy atom. The molecule has 1 heterocycles. The number of hydrogen-bond donors (Lipinski definition) is 1. The van der Waals surface area contributed by atoms with Crippen LogP contribution in [0.1, 0.15) is 40.7 Å². The normalized spacial score (nSPS) is 10.7. The second-order valence-corrected chi connectivity index (χ2v) is 6.14. The van der Waals surface area contributed by atoms with Crippen LogP contribution in [0.3, 0.4) is 0 Å². The maximum absolute atomic E-state index is 12.7. The van der Waals surface area contributed by atoms with E-state index >= 15 is 0 Å². The van der Waals surface area contributed by atoms with Crippen LogP contribution in [0, 0.1) is 13.8 Å². The van der Waals surface area contributed by atoms with Crippen LogP contribution in [0.15, 0.2) is 48.5 Å². The number of para-hydroxylation sites is 1. The van der Waals surface area contributed by atoms with Crippen LogP contribution in [0.25, 0.3) is 5.69 Å². The maximum Gasteiger partial charge on any atom is 0.278 e. The van der Waals surface area contributed by atoms with Gasteiger partial charge in [-0.15, -0.1) is 5.10 Å². The molecule has 0 radical (unpaired) electrons. The second kappa shape index (κ2) is 7.30. The van der Waals surface area contributed by atoms with Gasteiger partial charge in [0.2, 0.25) is 0 Å². The molecule has 128 valence electrons. The van der Waals surface area contributed by atoms with Crippen molar-refractivity contribution in [2.45, 2.75) is 33.6 Å². The van der Waals surface area contributed by atoms with Crippen molar-refractivity contribution in [3.63, 3.8) is 0 Å². The molecule has 3 rings (SSSR count). The average molecular weight is 334 g/mol. The van der Waals surface area contributed by atoms with Crippen molar-refractivity contribution in [1.82, 2.24) is 15.0 Å². The van der Waals surface area contributed by atoms with Gasteiger partial charge in [0, 0.05) is 5.69 Å². The first-order valence-electron chi connectivity index (χ1n) is 8.48. The zero-order valence-corrected chi connectivity index (χ0v) is 14.8. The third kappa shape index (κ3) is 3.60. The minimum Gasteiger partial charge on any atom is -0.321 e. The highest BCUT2D eigenvalue weighted by atomic mass is 16.2. The molecule has 1 N–H and O–H groups in total. The standard InChI is InChI=1S/C20H22N4O/c1-4-8-18-19(22-23-24(18)17-9-6-5-7-10-17)20(25)21-16-12-11-14(2)15(3)13-16/h5-7,9-13H,4,8H2,1-3H3,(H,21,25). The predicted octanol–water partition coefficient (Wildman–Crippen LogP) is 4.09. The number of anilines is 1. The van der Waals surface area contributed by atoms with Crippen LogP contribution in [-0.2, 0) is 6.42 Å². The van der Waals surface area contributed by atoms with Crippen molar-refractivity contribution < 1.29 is 4.79 Å². The molecule has 2 aromatic carbocycles. The summed E-state index contributed by atoms with van der Waals surface area (Å²) in [4.78, 5) is 12.7. The van der Waals surface area contributed by atoms with Crippen molar-refractivity contribution in [3.05, 3.63) is 71.0 Å². The van der Waals surface area contributed by atoms with Crippen LogP contribution < -0.4 is 5.32 Å². The molecule has 0 saturated heterocycles. The summed E-state index contributed by atoms with van der Waals surface area (Å²) in [5.41, 5.74) is 5.21. The number of amides is 1. The fraction of sp³-hybridized carbons (Fsp3) is 0.250. The Labute approximate surface area is 147 Å². The first-order valence-corrected chi connectivity index (χ1v) is 8.48. The number of nitrogens with one attached hydrogen (secondary N) is 1. The summed E-state index contributed by atoms with van der Waals surface area (Å²) in [5, 5.41) is 11.3. The maximum atomic E-state index is 12.7. The topological polar surface area (TPSA) is 59.8 Å². The summed E-state index contributed by atoms with van der Waals surface area (Å²) >= 11 is 0. The van der Waals surface area contributed by atoms with E-state index in [0.717, 1.165) is 35.5 Å². The van der Waals surface area contributed by atoms with Crippen molar-refractivity contribution in [3.8, 4) is 5.69 Å². The molecule has 3 aromatic rings. The van der Waals surface area contributed by atoms with Crippen LogP contribution in [0.2, 0.25) is 0 Å². The monoisotopic (exact) mass is 334 g/mol. The Balaban J connectivity index is 1.92. The molecular formula is C20H22N4O. The van der Waals surface area contributed by atoms with Gasteiger partial charge in [-0.1, -0.05) is 42.8 Å². The van der Waals surface area contributed by atoms with E-state index in [4.69, 9.17) is 0 Å². The minimum absolute atomic E-state index is 0.228. The predicted molar refractivity (Wildman–Crippen MR) is 99.2 cm³/mol. The van der Waals surface area contributed by atoms with Crippen molar-refractivity contribution in [2.75, 3.05) is 5.32 Å². The molecule has 0 spiro atoms. The highest BCUT2D eigenvalue weighted by Gasteiger charge is 2.20. The lowest BCUT2D eigenvalue weighted by atomic mass is 10.1. The number of nitrogens with zero attached hydrogens (tertiary/aromatic N) is 3. The summed E-state index contributed by atoms with van der Waals surface area (Å²) in [6.07, 6.45) is 1.64. The fourth-order valence-electron chi connectivity index (χ4n) is 2.73. The van der Waals surface area contributed by atoms with Gasteiger partial charge in [-0.3, -0.25) is 4.79 Å². The van der Waals surface area contributed by atoms with Gasteiger partial charge in [-0.2, -0.15) is 0 Å². The summed E-state index contributed by atoms with van der Waals surface area (Å²) in [7, 11) is 0. The van der Waals surface area contributed by atoms with Gasteiger partial charge < -0.3 is 5.32 Å². The minimum atomic E-state index is -0.228. The lowest BCUT2D eigenvalue weighted by molar-refractivity contribution is 0.102. The molecular weight excluding hydrogens is 312 g/mol. The van der Waals surface area contributed by atoms with Crippen LogP contribution in [0.5, 0.6) is 0 Å². The number of hydrogen-bond acceptors (Lipinski definition) is 3. The largest absolute Gasteiger partial charge is 0.321 e. The molecule has 0 aliphatic rings. The Morgan fingerprint density at radius 1 is 1.08 bits per heavy atom. The first kappa shape index (κ1) is 16.9. The van der Waals surface area contributed by atoms with Gasteiger partial charge in [-0.05, 0) is 55.7 Å². The Hall–Kier alpha value is -2.95. The highest BCUT2D eigenvalue weighted by Crippen LogP contribution is 2.18. The van der Waals surface area contributed by atoms with Crippen LogP contribution in [0.4, 0.5) is 5.69 Å². The van der Waals surface area contributed by atoms with Gasteiger partial charge in [0.15, 0.2) is 5.69 Å². The fourth-order valence-corrected chi connectivity index (χ4v) is 2.73. The second-order valence-electron chi connectivity index (χ2n) is 6.14. The van der Waals surface area contributed by atoms with Gasteiger partial charge >= 0.3 is 0 Å². The number of carbonyl (C=O) groups is 1. The van der Waals surface area contributed by atoms with Gasteiger partial charge in [0.25, 0.3) is 5.91 Å². The summed E-state index contributed by atoms with van der Waals surface area (Å²) in [6.45, 7) is 6.15. The third-order valence-corrected chi connectivity index (χ3v) is 4.23. The number of carbonyl (C=O) groups excluding carboxylic acids is 1. The third-order valence-electron chi connectivity index (χ3n) is 4.23. The van der Waals surface area contributed by atoms with Crippen molar-refractivity contribution in [1.29, 1.82) is 0 Å². The summed E-state index contributed by atoms with van der Waals surface area (Å²) in [6, 6.07) is 15.6. The van der Waals surface area contributed by atoms with E-state index in [0.29, 0.717) is 5.69 Å². The lowest BCUT2D eigenvalue weighted by Gasteiger charge is -2.09. The van der Waals surface area contributed by atoms with Gasteiger partial charge in [-0.25, -0.2) is 4.68 Å². The molecule has 1 amide bonds. The van der Waals surface area contributed by atoms with Gasteiger partial charge in [0.1, 0.15) is 0 Å². The average Bonchev–Trinajstić information content (AvgIpc) is 3.03. The smallest absolute Gasteiger partial charge is 0.278 e. The van der Waals surface area contributed by atoms with E-state index < -0.39 is 0 Å². The van der Waals surface area contributed by atoms with Crippen LogP contribution >= 0.6 is 0 Å². The molecule has 0 bridgehead atoms. The molecule has 5 nitrogen and oxygen atoms in total. The molecule has 0 atom stereocenters. The Bertz CT molecular complexity index is 884. The molecule has 5 heteroatoms.